The molecule has 0 heteroatoms. The molecule has 0 aromatic heterocycles. The van der Waals surface area contributed by atoms with E-state index in [1.54, 1.807) is 0 Å². The third kappa shape index (κ3) is 4.13. The number of rotatable bonds is 4. The molecule has 1 aliphatic rings. The van der Waals surface area contributed by atoms with Gasteiger partial charge in [-0.25, -0.2) is 0 Å². The van der Waals surface area contributed by atoms with E-state index in [4.69, 9.17) is 0 Å². The van der Waals surface area contributed by atoms with Crippen molar-refractivity contribution in [1.29, 1.82) is 0 Å². The molecule has 7 aromatic rings. The molecule has 0 N–H and O–H groups in total. The first kappa shape index (κ1) is 27.4. The largest absolute Gasteiger partial charge is 0.0870 e. The minimum Gasteiger partial charge on any atom is -0.0870 e. The molecular weight excluding hydrogens is 540 g/mol. The lowest BCUT2D eigenvalue weighted by Gasteiger charge is -2.25. The van der Waals surface area contributed by atoms with Crippen LogP contribution in [0.1, 0.15) is 43.0 Å². The molecular formula is C45H36. The first-order chi connectivity index (χ1) is 22.0. The van der Waals surface area contributed by atoms with Gasteiger partial charge < -0.3 is 0 Å². The zero-order chi connectivity index (χ0) is 30.7. The summed E-state index contributed by atoms with van der Waals surface area (Å²) in [5, 5.41) is 5.15. The standard InChI is InChI=1S/C45H36/c1-5-16-33-29(2)38(28-41-44(33)37-23-14-15-24-40(37)45(41,3)4)43-35-22-13-12-21-34(35)42(31-19-10-7-11-20-31)36-26-25-32(27-39(36)43)30-17-8-6-9-18-30/h5-28H,1-4H3. The van der Waals surface area contributed by atoms with Crippen LogP contribution < -0.4 is 0 Å². The average Bonchev–Trinajstić information content (AvgIpc) is 3.31. The fourth-order valence-electron chi connectivity index (χ4n) is 7.81. The Morgan fingerprint density at radius 3 is 1.78 bits per heavy atom. The number of fused-ring (bicyclic) bond motifs is 5. The van der Waals surface area contributed by atoms with E-state index in [-0.39, 0.29) is 5.41 Å². The van der Waals surface area contributed by atoms with Gasteiger partial charge >= 0.3 is 0 Å². The molecule has 8 rings (SSSR count). The van der Waals surface area contributed by atoms with Crippen molar-refractivity contribution in [1.82, 2.24) is 0 Å². The van der Waals surface area contributed by atoms with Gasteiger partial charge in [0.25, 0.3) is 0 Å². The lowest BCUT2D eigenvalue weighted by atomic mass is 9.78. The molecule has 0 saturated heterocycles. The molecule has 0 heterocycles. The third-order valence-electron chi connectivity index (χ3n) is 9.97. The van der Waals surface area contributed by atoms with Crippen LogP contribution in [0, 0.1) is 6.92 Å². The van der Waals surface area contributed by atoms with Crippen molar-refractivity contribution in [3.8, 4) is 44.5 Å². The molecule has 45 heavy (non-hydrogen) atoms. The number of allylic oxidation sites excluding steroid dienone is 1. The molecule has 0 amide bonds. The van der Waals surface area contributed by atoms with Crippen LogP contribution in [0.4, 0.5) is 0 Å². The number of hydrogen-bond donors (Lipinski definition) is 0. The summed E-state index contributed by atoms with van der Waals surface area (Å²) in [6.07, 6.45) is 4.52. The van der Waals surface area contributed by atoms with E-state index in [1.807, 2.05) is 0 Å². The van der Waals surface area contributed by atoms with Crippen molar-refractivity contribution in [3.05, 3.63) is 162 Å². The highest BCUT2D eigenvalue weighted by molar-refractivity contribution is 6.22. The van der Waals surface area contributed by atoms with Crippen LogP contribution in [-0.2, 0) is 5.41 Å². The zero-order valence-corrected chi connectivity index (χ0v) is 26.4. The molecule has 0 atom stereocenters. The van der Waals surface area contributed by atoms with Gasteiger partial charge in [-0.3, -0.25) is 0 Å². The van der Waals surface area contributed by atoms with Gasteiger partial charge in [-0.15, -0.1) is 0 Å². The summed E-state index contributed by atoms with van der Waals surface area (Å²) in [6, 6.07) is 49.3. The first-order valence-corrected chi connectivity index (χ1v) is 16.0. The molecule has 0 radical (unpaired) electrons. The molecule has 0 spiro atoms. The fourth-order valence-corrected chi connectivity index (χ4v) is 7.81. The van der Waals surface area contributed by atoms with Crippen LogP contribution in [0.25, 0.3) is 72.1 Å². The Labute approximate surface area is 266 Å². The summed E-state index contributed by atoms with van der Waals surface area (Å²) in [4.78, 5) is 0. The van der Waals surface area contributed by atoms with Crippen LogP contribution in [0.15, 0.2) is 140 Å². The second kappa shape index (κ2) is 10.5. The van der Waals surface area contributed by atoms with Crippen molar-refractivity contribution in [3.63, 3.8) is 0 Å². The molecule has 0 saturated carbocycles. The maximum absolute atomic E-state index is 2.52. The molecule has 0 bridgehead atoms. The maximum Gasteiger partial charge on any atom is 0.0159 e. The highest BCUT2D eigenvalue weighted by atomic mass is 14.4. The van der Waals surface area contributed by atoms with Gasteiger partial charge in [-0.05, 0) is 114 Å². The van der Waals surface area contributed by atoms with Crippen molar-refractivity contribution in [2.45, 2.75) is 33.1 Å². The lowest BCUT2D eigenvalue weighted by molar-refractivity contribution is 0.660. The number of hydrogen-bond acceptors (Lipinski definition) is 0. The molecule has 1 aliphatic carbocycles. The summed E-state index contributed by atoms with van der Waals surface area (Å²) in [5.74, 6) is 0. The van der Waals surface area contributed by atoms with Gasteiger partial charge in [0.15, 0.2) is 0 Å². The summed E-state index contributed by atoms with van der Waals surface area (Å²) in [7, 11) is 0. The topological polar surface area (TPSA) is 0 Å². The summed E-state index contributed by atoms with van der Waals surface area (Å²) < 4.78 is 0. The Bertz CT molecular complexity index is 2280. The Balaban J connectivity index is 1.55. The van der Waals surface area contributed by atoms with Gasteiger partial charge in [0.05, 0.1) is 0 Å². The van der Waals surface area contributed by atoms with E-state index in [2.05, 4.69) is 173 Å². The van der Waals surface area contributed by atoms with E-state index < -0.39 is 0 Å². The molecule has 7 aromatic carbocycles. The monoisotopic (exact) mass is 576 g/mol. The second-order valence-electron chi connectivity index (χ2n) is 12.8. The molecule has 216 valence electrons. The van der Waals surface area contributed by atoms with E-state index >= 15 is 0 Å². The van der Waals surface area contributed by atoms with Crippen molar-refractivity contribution >= 4 is 27.6 Å². The quantitative estimate of drug-likeness (QED) is 0.183. The molecule has 0 nitrogen and oxygen atoms in total. The van der Waals surface area contributed by atoms with E-state index in [9.17, 15) is 0 Å². The van der Waals surface area contributed by atoms with Gasteiger partial charge in [0, 0.05) is 5.41 Å². The lowest BCUT2D eigenvalue weighted by Crippen LogP contribution is -2.15. The average molecular weight is 577 g/mol. The van der Waals surface area contributed by atoms with Crippen LogP contribution >= 0.6 is 0 Å². The SMILES string of the molecule is CC=Cc1c(C)c(-c2c3ccccc3c(-c3ccccc3)c3ccc(-c4ccccc4)cc23)cc2c1-c1ccccc1C2(C)C. The van der Waals surface area contributed by atoms with Gasteiger partial charge in [-0.2, -0.15) is 0 Å². The van der Waals surface area contributed by atoms with Crippen molar-refractivity contribution < 1.29 is 0 Å². The van der Waals surface area contributed by atoms with E-state index in [0.717, 1.165) is 0 Å². The summed E-state index contributed by atoms with van der Waals surface area (Å²) in [5.41, 5.74) is 15.7. The Kier molecular flexibility index (Phi) is 6.36. The van der Waals surface area contributed by atoms with Crippen LogP contribution in [0.3, 0.4) is 0 Å². The predicted octanol–water partition coefficient (Wildman–Crippen LogP) is 12.6. The van der Waals surface area contributed by atoms with Gasteiger partial charge in [0.2, 0.25) is 0 Å². The first-order valence-electron chi connectivity index (χ1n) is 16.0. The predicted molar refractivity (Wildman–Crippen MR) is 195 cm³/mol. The van der Waals surface area contributed by atoms with Crippen molar-refractivity contribution in [2.24, 2.45) is 0 Å². The minimum atomic E-state index is -0.102. The third-order valence-corrected chi connectivity index (χ3v) is 9.97. The van der Waals surface area contributed by atoms with E-state index in [1.165, 1.54) is 88.3 Å². The zero-order valence-electron chi connectivity index (χ0n) is 26.4. The highest BCUT2D eigenvalue weighted by Crippen LogP contribution is 2.54. The van der Waals surface area contributed by atoms with Crippen LogP contribution in [0.2, 0.25) is 0 Å². The Morgan fingerprint density at radius 2 is 1.07 bits per heavy atom. The van der Waals surface area contributed by atoms with E-state index in [0.29, 0.717) is 0 Å². The normalized spacial score (nSPS) is 13.4. The summed E-state index contributed by atoms with van der Waals surface area (Å²) >= 11 is 0. The molecule has 0 aliphatic heterocycles. The number of benzene rings is 7. The van der Waals surface area contributed by atoms with Crippen molar-refractivity contribution in [2.75, 3.05) is 0 Å². The van der Waals surface area contributed by atoms with Gasteiger partial charge in [-0.1, -0.05) is 147 Å². The van der Waals surface area contributed by atoms with Gasteiger partial charge in [0.1, 0.15) is 0 Å². The minimum absolute atomic E-state index is 0.102. The highest BCUT2D eigenvalue weighted by Gasteiger charge is 2.37. The fraction of sp³-hybridized carbons (Fsp3) is 0.111. The Hall–Kier alpha value is -5.20. The van der Waals surface area contributed by atoms with Crippen LogP contribution in [-0.4, -0.2) is 0 Å². The summed E-state index contributed by atoms with van der Waals surface area (Å²) in [6.45, 7) is 9.23. The second-order valence-corrected chi connectivity index (χ2v) is 12.8. The Morgan fingerprint density at radius 1 is 0.467 bits per heavy atom. The molecule has 0 fully saturated rings. The smallest absolute Gasteiger partial charge is 0.0159 e. The molecule has 0 unspecified atom stereocenters. The van der Waals surface area contributed by atoms with Crippen LogP contribution in [0.5, 0.6) is 0 Å². The maximum atomic E-state index is 2.52.